The molecule has 2 unspecified atom stereocenters. The molecule has 4 nitrogen and oxygen atoms in total. The van der Waals surface area contributed by atoms with Crippen LogP contribution in [0.1, 0.15) is 45.1 Å². The summed E-state index contributed by atoms with van der Waals surface area (Å²) in [5.74, 6) is -0.0578. The fourth-order valence-corrected chi connectivity index (χ4v) is 3.61. The van der Waals surface area contributed by atoms with Gasteiger partial charge in [0.05, 0.1) is 0 Å². The van der Waals surface area contributed by atoms with Crippen molar-refractivity contribution in [3.63, 3.8) is 0 Å². The van der Waals surface area contributed by atoms with Gasteiger partial charge in [-0.15, -0.1) is 0 Å². The first-order valence-electron chi connectivity index (χ1n) is 7.58. The quantitative estimate of drug-likeness (QED) is 0.786. The molecule has 1 saturated carbocycles. The minimum atomic E-state index is -0.589. The summed E-state index contributed by atoms with van der Waals surface area (Å²) in [5, 5.41) is 0.689. The van der Waals surface area contributed by atoms with E-state index in [4.69, 9.17) is 16.3 Å². The van der Waals surface area contributed by atoms with E-state index < -0.39 is 11.7 Å². The number of piperidine rings is 1. The third-order valence-corrected chi connectivity index (χ3v) is 4.60. The highest BCUT2D eigenvalue weighted by atomic mass is 35.5. The summed E-state index contributed by atoms with van der Waals surface area (Å²) in [6, 6.07) is 7.59. The molecule has 3 rings (SSSR count). The molecule has 22 heavy (non-hydrogen) atoms. The summed E-state index contributed by atoms with van der Waals surface area (Å²) in [4.78, 5) is 26.1. The second-order valence-corrected chi connectivity index (χ2v) is 7.51. The van der Waals surface area contributed by atoms with Crippen LogP contribution in [0.2, 0.25) is 5.02 Å². The number of imide groups is 1. The van der Waals surface area contributed by atoms with Crippen LogP contribution in [0.15, 0.2) is 24.3 Å². The zero-order valence-electron chi connectivity index (χ0n) is 13.0. The van der Waals surface area contributed by atoms with Crippen LogP contribution in [-0.4, -0.2) is 28.5 Å². The van der Waals surface area contributed by atoms with E-state index in [1.54, 1.807) is 20.8 Å². The van der Waals surface area contributed by atoms with Gasteiger partial charge in [0, 0.05) is 17.0 Å². The van der Waals surface area contributed by atoms with Crippen molar-refractivity contribution in [3.05, 3.63) is 34.9 Å². The van der Waals surface area contributed by atoms with Crippen LogP contribution in [0.25, 0.3) is 0 Å². The maximum atomic E-state index is 12.5. The van der Waals surface area contributed by atoms with Crippen molar-refractivity contribution in [2.75, 3.05) is 0 Å². The Morgan fingerprint density at radius 2 is 1.77 bits per heavy atom. The molecule has 5 heteroatoms. The molecule has 2 amide bonds. The second-order valence-electron chi connectivity index (χ2n) is 7.08. The molecule has 2 aliphatic rings. The van der Waals surface area contributed by atoms with E-state index in [-0.39, 0.29) is 23.8 Å². The highest BCUT2D eigenvalue weighted by molar-refractivity contribution is 6.30. The number of hydrogen-bond donors (Lipinski definition) is 0. The molecule has 1 aromatic rings. The number of hydrogen-bond acceptors (Lipinski definition) is 3. The molecule has 2 bridgehead atoms. The Bertz CT molecular complexity index is 605. The molecule has 0 radical (unpaired) electrons. The first kappa shape index (κ1) is 15.3. The lowest BCUT2D eigenvalue weighted by atomic mass is 9.87. The highest BCUT2D eigenvalue weighted by Crippen LogP contribution is 2.48. The zero-order valence-corrected chi connectivity index (χ0v) is 13.8. The highest BCUT2D eigenvalue weighted by Gasteiger charge is 2.54. The molecule has 1 aliphatic heterocycles. The van der Waals surface area contributed by atoms with E-state index in [1.165, 1.54) is 4.90 Å². The minimum Gasteiger partial charge on any atom is -0.443 e. The number of benzene rings is 1. The van der Waals surface area contributed by atoms with Crippen LogP contribution in [0.3, 0.4) is 0 Å². The van der Waals surface area contributed by atoms with E-state index in [0.717, 1.165) is 18.4 Å². The van der Waals surface area contributed by atoms with Crippen LogP contribution in [0.5, 0.6) is 0 Å². The van der Waals surface area contributed by atoms with Gasteiger partial charge in [0.15, 0.2) is 0 Å². The van der Waals surface area contributed by atoms with E-state index >= 15 is 0 Å². The number of likely N-dealkylation sites (tertiary alicyclic amines) is 1. The van der Waals surface area contributed by atoms with Gasteiger partial charge >= 0.3 is 6.09 Å². The fraction of sp³-hybridized carbons (Fsp3) is 0.529. The van der Waals surface area contributed by atoms with Gasteiger partial charge in [-0.3, -0.25) is 4.79 Å². The Morgan fingerprint density at radius 1 is 1.18 bits per heavy atom. The first-order chi connectivity index (χ1) is 10.3. The first-order valence-corrected chi connectivity index (χ1v) is 7.95. The Morgan fingerprint density at radius 3 is 2.32 bits per heavy atom. The van der Waals surface area contributed by atoms with Crippen LogP contribution in [-0.2, 0) is 9.53 Å². The van der Waals surface area contributed by atoms with E-state index in [2.05, 4.69) is 0 Å². The molecule has 1 saturated heterocycles. The summed E-state index contributed by atoms with van der Waals surface area (Å²) in [5.41, 5.74) is 0.531. The van der Waals surface area contributed by atoms with Crippen molar-refractivity contribution >= 4 is 23.6 Å². The van der Waals surface area contributed by atoms with Gasteiger partial charge in [0.2, 0.25) is 5.91 Å². The van der Waals surface area contributed by atoms with Crippen LogP contribution >= 0.6 is 11.6 Å². The number of carbonyl (C=O) groups excluding carboxylic acids is 2. The van der Waals surface area contributed by atoms with Gasteiger partial charge < -0.3 is 4.74 Å². The number of nitrogens with zero attached hydrogens (tertiary/aromatic N) is 1. The van der Waals surface area contributed by atoms with E-state index in [0.29, 0.717) is 5.02 Å². The summed E-state index contributed by atoms with van der Waals surface area (Å²) >= 11 is 5.92. The van der Waals surface area contributed by atoms with Gasteiger partial charge in [-0.25, -0.2) is 9.69 Å². The predicted molar refractivity (Wildman–Crippen MR) is 83.8 cm³/mol. The average molecular weight is 322 g/mol. The summed E-state index contributed by atoms with van der Waals surface area (Å²) in [6.45, 7) is 5.42. The van der Waals surface area contributed by atoms with Crippen molar-refractivity contribution in [1.82, 2.24) is 4.90 Å². The van der Waals surface area contributed by atoms with Gasteiger partial charge in [-0.05, 0) is 57.2 Å². The number of fused-ring (bicyclic) bond motifs is 2. The maximum Gasteiger partial charge on any atom is 0.417 e. The van der Waals surface area contributed by atoms with Gasteiger partial charge in [-0.2, -0.15) is 0 Å². The molecule has 0 aromatic heterocycles. The maximum absolute atomic E-state index is 12.5. The minimum absolute atomic E-state index is 0.0481. The van der Waals surface area contributed by atoms with E-state index in [1.807, 2.05) is 24.3 Å². The molecule has 2 fully saturated rings. The lowest BCUT2D eigenvalue weighted by Crippen LogP contribution is -2.46. The van der Waals surface area contributed by atoms with Crippen molar-refractivity contribution < 1.29 is 14.3 Å². The summed E-state index contributed by atoms with van der Waals surface area (Å²) < 4.78 is 5.35. The normalized spacial score (nSPS) is 27.4. The standard InChI is InChI=1S/C17H20ClNO3/c1-17(2,3)22-16(21)19-12-8-13(14(9-12)15(19)20)10-4-6-11(18)7-5-10/h4-7,12-14H,8-9H2,1-3H3/t12?,13-,14?/m0/s1. The number of halogens is 1. The zero-order chi connectivity index (χ0) is 16.1. The van der Waals surface area contributed by atoms with E-state index in [9.17, 15) is 9.59 Å². The molecule has 0 spiro atoms. The molecule has 1 aliphatic carbocycles. The lowest BCUT2D eigenvalue weighted by Gasteiger charge is -2.31. The average Bonchev–Trinajstić information content (AvgIpc) is 2.95. The molecule has 1 aromatic carbocycles. The Kier molecular flexibility index (Phi) is 3.68. The molecule has 0 N–H and O–H groups in total. The van der Waals surface area contributed by atoms with Crippen LogP contribution in [0, 0.1) is 5.92 Å². The lowest BCUT2D eigenvalue weighted by molar-refractivity contribution is -0.133. The van der Waals surface area contributed by atoms with Crippen molar-refractivity contribution in [1.29, 1.82) is 0 Å². The van der Waals surface area contributed by atoms with Crippen molar-refractivity contribution in [2.24, 2.45) is 5.92 Å². The predicted octanol–water partition coefficient (Wildman–Crippen LogP) is 3.98. The third kappa shape index (κ3) is 2.72. The number of carbonyl (C=O) groups is 2. The Labute approximate surface area is 135 Å². The SMILES string of the molecule is CC(C)(C)OC(=O)N1C(=O)C2CC1C[C@H]2c1ccc(Cl)cc1. The summed E-state index contributed by atoms with van der Waals surface area (Å²) in [6.07, 6.45) is 1.02. The fourth-order valence-electron chi connectivity index (χ4n) is 3.48. The monoisotopic (exact) mass is 321 g/mol. The largest absolute Gasteiger partial charge is 0.443 e. The molecule has 1 heterocycles. The Hall–Kier alpha value is -1.55. The smallest absolute Gasteiger partial charge is 0.417 e. The van der Waals surface area contributed by atoms with Crippen LogP contribution in [0.4, 0.5) is 4.79 Å². The van der Waals surface area contributed by atoms with Crippen molar-refractivity contribution in [3.8, 4) is 0 Å². The number of ether oxygens (including phenoxy) is 1. The second kappa shape index (κ2) is 5.27. The van der Waals surface area contributed by atoms with Gasteiger partial charge in [-0.1, -0.05) is 23.7 Å². The van der Waals surface area contributed by atoms with Crippen LogP contribution < -0.4 is 0 Å². The molecular formula is C17H20ClNO3. The van der Waals surface area contributed by atoms with Gasteiger partial charge in [0.25, 0.3) is 0 Å². The number of rotatable bonds is 1. The van der Waals surface area contributed by atoms with Crippen molar-refractivity contribution in [2.45, 2.75) is 51.2 Å². The van der Waals surface area contributed by atoms with Gasteiger partial charge in [0.1, 0.15) is 5.60 Å². The Balaban J connectivity index is 1.75. The molecule has 3 atom stereocenters. The summed E-state index contributed by atoms with van der Waals surface area (Å²) in [7, 11) is 0. The topological polar surface area (TPSA) is 46.6 Å². The molecular weight excluding hydrogens is 302 g/mol. The third-order valence-electron chi connectivity index (χ3n) is 4.35. The molecule has 118 valence electrons. The number of amides is 2.